The standard InChI is InChI=1S/C20H19N5O3S/c1-26-15-10-12(11-16(27-2)18(15)28-3)22-19-21-9-8-17(24-19)25-14-7-5-4-6-13(14)23-20(25)29/h4-11H,1-3H3,(H,23,29)(H,21,22,24). The highest BCUT2D eigenvalue weighted by molar-refractivity contribution is 7.71. The minimum atomic E-state index is 0.406. The minimum Gasteiger partial charge on any atom is -0.493 e. The predicted octanol–water partition coefficient (Wildman–Crippen LogP) is 4.25. The molecule has 2 aromatic carbocycles. The van der Waals surface area contributed by atoms with Crippen molar-refractivity contribution in [3.8, 4) is 23.1 Å². The summed E-state index contributed by atoms with van der Waals surface area (Å²) in [5, 5.41) is 3.18. The summed E-state index contributed by atoms with van der Waals surface area (Å²) in [7, 11) is 4.69. The number of para-hydroxylation sites is 2. The molecule has 9 heteroatoms. The summed E-state index contributed by atoms with van der Waals surface area (Å²) < 4.78 is 18.6. The van der Waals surface area contributed by atoms with Crippen LogP contribution in [0.4, 0.5) is 11.6 Å². The number of hydrogen-bond donors (Lipinski definition) is 2. The number of H-pyrrole nitrogens is 1. The van der Waals surface area contributed by atoms with Crippen LogP contribution in [0.25, 0.3) is 16.9 Å². The van der Waals surface area contributed by atoms with Gasteiger partial charge in [0.2, 0.25) is 11.7 Å². The lowest BCUT2D eigenvalue weighted by atomic mass is 10.2. The number of aromatic amines is 1. The molecular weight excluding hydrogens is 390 g/mol. The van der Waals surface area contributed by atoms with Crippen molar-refractivity contribution in [1.82, 2.24) is 19.5 Å². The van der Waals surface area contributed by atoms with E-state index >= 15 is 0 Å². The quantitative estimate of drug-likeness (QED) is 0.461. The van der Waals surface area contributed by atoms with Gasteiger partial charge in [-0.3, -0.25) is 4.57 Å². The zero-order valence-electron chi connectivity index (χ0n) is 16.1. The summed E-state index contributed by atoms with van der Waals surface area (Å²) in [4.78, 5) is 12.1. The molecule has 4 rings (SSSR count). The van der Waals surface area contributed by atoms with Crippen LogP contribution in [0.1, 0.15) is 0 Å². The van der Waals surface area contributed by atoms with Gasteiger partial charge in [0.25, 0.3) is 0 Å². The van der Waals surface area contributed by atoms with Crippen molar-refractivity contribution >= 4 is 34.9 Å². The zero-order chi connectivity index (χ0) is 20.4. The molecule has 0 radical (unpaired) electrons. The predicted molar refractivity (Wildman–Crippen MR) is 113 cm³/mol. The third-order valence-corrected chi connectivity index (χ3v) is 4.67. The average molecular weight is 409 g/mol. The van der Waals surface area contributed by atoms with E-state index in [0.717, 1.165) is 11.0 Å². The first-order valence-corrected chi connectivity index (χ1v) is 9.15. The molecule has 2 heterocycles. The first kappa shape index (κ1) is 18.8. The molecule has 0 bridgehead atoms. The number of hydrogen-bond acceptors (Lipinski definition) is 7. The van der Waals surface area contributed by atoms with E-state index in [4.69, 9.17) is 26.4 Å². The SMILES string of the molecule is COc1cc(Nc2nccc(-n3c(=S)[nH]c4ccccc43)n2)cc(OC)c1OC. The topological polar surface area (TPSA) is 86.2 Å². The molecule has 0 unspecified atom stereocenters. The second-order valence-corrected chi connectivity index (χ2v) is 6.45. The summed E-state index contributed by atoms with van der Waals surface area (Å²) in [6.45, 7) is 0. The van der Waals surface area contributed by atoms with E-state index in [-0.39, 0.29) is 0 Å². The van der Waals surface area contributed by atoms with E-state index in [0.29, 0.717) is 39.5 Å². The van der Waals surface area contributed by atoms with Crippen LogP contribution in [0.3, 0.4) is 0 Å². The highest BCUT2D eigenvalue weighted by Crippen LogP contribution is 2.40. The molecule has 0 fully saturated rings. The van der Waals surface area contributed by atoms with E-state index in [2.05, 4.69) is 20.3 Å². The number of fused-ring (bicyclic) bond motifs is 1. The van der Waals surface area contributed by atoms with E-state index in [1.807, 2.05) is 28.8 Å². The molecule has 2 aromatic heterocycles. The van der Waals surface area contributed by atoms with Crippen LogP contribution in [-0.4, -0.2) is 40.8 Å². The maximum Gasteiger partial charge on any atom is 0.229 e. The Labute approximate surface area is 172 Å². The molecule has 0 aliphatic heterocycles. The highest BCUT2D eigenvalue weighted by Gasteiger charge is 2.14. The molecular formula is C20H19N5O3S. The summed E-state index contributed by atoms with van der Waals surface area (Å²) in [5.41, 5.74) is 2.57. The van der Waals surface area contributed by atoms with Crippen LogP contribution in [0, 0.1) is 4.77 Å². The Bertz CT molecular complexity index is 1210. The number of aromatic nitrogens is 4. The van der Waals surface area contributed by atoms with Gasteiger partial charge in [0, 0.05) is 24.0 Å². The molecule has 29 heavy (non-hydrogen) atoms. The Morgan fingerprint density at radius 1 is 1.00 bits per heavy atom. The molecule has 0 aliphatic rings. The number of nitrogens with zero attached hydrogens (tertiary/aromatic N) is 3. The van der Waals surface area contributed by atoms with Gasteiger partial charge in [-0.25, -0.2) is 4.98 Å². The van der Waals surface area contributed by atoms with Crippen molar-refractivity contribution in [1.29, 1.82) is 0 Å². The monoisotopic (exact) mass is 409 g/mol. The number of ether oxygens (including phenoxy) is 3. The summed E-state index contributed by atoms with van der Waals surface area (Å²) in [6, 6.07) is 13.2. The Morgan fingerprint density at radius 2 is 1.72 bits per heavy atom. The van der Waals surface area contributed by atoms with Crippen molar-refractivity contribution in [3.05, 3.63) is 53.4 Å². The summed E-state index contributed by atoms with van der Waals surface area (Å²) in [6.07, 6.45) is 1.67. The Balaban J connectivity index is 1.74. The largest absolute Gasteiger partial charge is 0.493 e. The molecule has 0 saturated carbocycles. The van der Waals surface area contributed by atoms with Gasteiger partial charge in [0.05, 0.1) is 32.4 Å². The van der Waals surface area contributed by atoms with E-state index < -0.39 is 0 Å². The van der Waals surface area contributed by atoms with Gasteiger partial charge in [-0.1, -0.05) is 12.1 Å². The van der Waals surface area contributed by atoms with Crippen molar-refractivity contribution in [2.24, 2.45) is 0 Å². The maximum atomic E-state index is 5.48. The molecule has 0 aliphatic carbocycles. The summed E-state index contributed by atoms with van der Waals surface area (Å²) >= 11 is 5.48. The van der Waals surface area contributed by atoms with Gasteiger partial charge in [-0.05, 0) is 30.4 Å². The van der Waals surface area contributed by atoms with Gasteiger partial charge in [-0.2, -0.15) is 4.98 Å². The van der Waals surface area contributed by atoms with Crippen LogP contribution in [0.2, 0.25) is 0 Å². The van der Waals surface area contributed by atoms with Crippen molar-refractivity contribution in [2.75, 3.05) is 26.6 Å². The van der Waals surface area contributed by atoms with Crippen LogP contribution in [0.5, 0.6) is 17.2 Å². The lowest BCUT2D eigenvalue weighted by molar-refractivity contribution is 0.324. The minimum absolute atomic E-state index is 0.406. The molecule has 4 aromatic rings. The number of imidazole rings is 1. The lowest BCUT2D eigenvalue weighted by Crippen LogP contribution is -2.03. The van der Waals surface area contributed by atoms with E-state index in [1.165, 1.54) is 0 Å². The van der Waals surface area contributed by atoms with Crippen LogP contribution in [0.15, 0.2) is 48.7 Å². The van der Waals surface area contributed by atoms with E-state index in [1.54, 1.807) is 45.7 Å². The molecule has 0 amide bonds. The van der Waals surface area contributed by atoms with Crippen molar-refractivity contribution < 1.29 is 14.2 Å². The first-order valence-electron chi connectivity index (χ1n) is 8.75. The Kier molecular flexibility index (Phi) is 5.05. The highest BCUT2D eigenvalue weighted by atomic mass is 32.1. The number of anilines is 2. The second-order valence-electron chi connectivity index (χ2n) is 6.06. The van der Waals surface area contributed by atoms with Gasteiger partial charge >= 0.3 is 0 Å². The molecule has 8 nitrogen and oxygen atoms in total. The van der Waals surface area contributed by atoms with Crippen LogP contribution < -0.4 is 19.5 Å². The number of methoxy groups -OCH3 is 3. The first-order chi connectivity index (χ1) is 14.1. The second kappa shape index (κ2) is 7.80. The number of benzene rings is 2. The van der Waals surface area contributed by atoms with Gasteiger partial charge in [0.1, 0.15) is 5.82 Å². The van der Waals surface area contributed by atoms with Crippen molar-refractivity contribution in [3.63, 3.8) is 0 Å². The van der Waals surface area contributed by atoms with Crippen LogP contribution in [-0.2, 0) is 0 Å². The van der Waals surface area contributed by atoms with Gasteiger partial charge in [-0.15, -0.1) is 0 Å². The number of rotatable bonds is 6. The normalized spacial score (nSPS) is 10.7. The zero-order valence-corrected chi connectivity index (χ0v) is 16.9. The Hall–Kier alpha value is -3.59. The average Bonchev–Trinajstić information content (AvgIpc) is 3.08. The lowest BCUT2D eigenvalue weighted by Gasteiger charge is -2.14. The van der Waals surface area contributed by atoms with E-state index in [9.17, 15) is 0 Å². The van der Waals surface area contributed by atoms with Crippen molar-refractivity contribution in [2.45, 2.75) is 0 Å². The molecule has 0 saturated heterocycles. The molecule has 0 spiro atoms. The third-order valence-electron chi connectivity index (χ3n) is 4.38. The third kappa shape index (κ3) is 3.47. The number of nitrogens with one attached hydrogen (secondary N) is 2. The smallest absolute Gasteiger partial charge is 0.229 e. The van der Waals surface area contributed by atoms with Crippen LogP contribution >= 0.6 is 12.2 Å². The molecule has 2 N–H and O–H groups in total. The molecule has 0 atom stereocenters. The summed E-state index contributed by atoms with van der Waals surface area (Å²) in [5.74, 6) is 2.63. The maximum absolute atomic E-state index is 5.48. The fourth-order valence-electron chi connectivity index (χ4n) is 3.10. The Morgan fingerprint density at radius 3 is 2.41 bits per heavy atom. The van der Waals surface area contributed by atoms with Gasteiger partial charge in [0.15, 0.2) is 16.3 Å². The fourth-order valence-corrected chi connectivity index (χ4v) is 3.40. The molecule has 148 valence electrons. The fraction of sp³-hybridized carbons (Fsp3) is 0.150. The van der Waals surface area contributed by atoms with Gasteiger partial charge < -0.3 is 24.5 Å².